The Labute approximate surface area is 104 Å². The van der Waals surface area contributed by atoms with Crippen molar-refractivity contribution in [3.05, 3.63) is 42.5 Å². The number of rotatable bonds is 2. The van der Waals surface area contributed by atoms with Crippen LogP contribution in [0.5, 0.6) is 5.75 Å². The molecule has 0 aliphatic rings. The summed E-state index contributed by atoms with van der Waals surface area (Å²) in [5.41, 5.74) is 8.77. The van der Waals surface area contributed by atoms with Gasteiger partial charge in [-0.05, 0) is 30.3 Å². The fourth-order valence-corrected chi connectivity index (χ4v) is 1.83. The van der Waals surface area contributed by atoms with Gasteiger partial charge in [-0.25, -0.2) is 0 Å². The van der Waals surface area contributed by atoms with Gasteiger partial charge in [-0.2, -0.15) is 0 Å². The summed E-state index contributed by atoms with van der Waals surface area (Å²) in [6, 6.07) is 13.1. The van der Waals surface area contributed by atoms with Crippen LogP contribution in [0.4, 0.5) is 5.69 Å². The van der Waals surface area contributed by atoms with Crippen molar-refractivity contribution in [3.8, 4) is 11.4 Å². The fraction of sp³-hybridized carbons (Fsp3) is 0.0769. The highest BCUT2D eigenvalue weighted by Crippen LogP contribution is 2.22. The Morgan fingerprint density at radius 1 is 1.06 bits per heavy atom. The molecular formula is C13H12N4O. The van der Waals surface area contributed by atoms with E-state index in [1.54, 1.807) is 18.0 Å². The number of methoxy groups -OCH3 is 1. The van der Waals surface area contributed by atoms with Crippen LogP contribution in [0.1, 0.15) is 0 Å². The molecule has 0 atom stereocenters. The second kappa shape index (κ2) is 4.03. The minimum atomic E-state index is 0.676. The molecule has 1 heterocycles. The van der Waals surface area contributed by atoms with Crippen molar-refractivity contribution < 1.29 is 4.74 Å². The third kappa shape index (κ3) is 1.66. The standard InChI is InChI=1S/C13H12N4O/c1-18-13-5-3-2-4-12(13)17-15-10-7-6-9(14)8-11(10)16-17/h2-8H,14H2,1H3. The summed E-state index contributed by atoms with van der Waals surface area (Å²) < 4.78 is 5.29. The quantitative estimate of drug-likeness (QED) is 0.696. The van der Waals surface area contributed by atoms with E-state index in [2.05, 4.69) is 10.2 Å². The van der Waals surface area contributed by atoms with E-state index >= 15 is 0 Å². The van der Waals surface area contributed by atoms with Crippen molar-refractivity contribution in [1.29, 1.82) is 0 Å². The van der Waals surface area contributed by atoms with Crippen molar-refractivity contribution in [3.63, 3.8) is 0 Å². The van der Waals surface area contributed by atoms with E-state index in [9.17, 15) is 0 Å². The average Bonchev–Trinajstić information content (AvgIpc) is 2.81. The lowest BCUT2D eigenvalue weighted by molar-refractivity contribution is 0.410. The van der Waals surface area contributed by atoms with E-state index in [1.165, 1.54) is 0 Å². The molecule has 0 radical (unpaired) electrons. The molecule has 0 amide bonds. The molecule has 0 fully saturated rings. The summed E-state index contributed by atoms with van der Waals surface area (Å²) in [5.74, 6) is 0.728. The van der Waals surface area contributed by atoms with Gasteiger partial charge >= 0.3 is 0 Å². The first kappa shape index (κ1) is 10.6. The maximum Gasteiger partial charge on any atom is 0.146 e. The Bertz CT molecular complexity index is 705. The Hall–Kier alpha value is -2.56. The lowest BCUT2D eigenvalue weighted by atomic mass is 10.3. The predicted molar refractivity (Wildman–Crippen MR) is 69.8 cm³/mol. The summed E-state index contributed by atoms with van der Waals surface area (Å²) in [7, 11) is 1.63. The van der Waals surface area contributed by atoms with E-state index in [-0.39, 0.29) is 0 Å². The van der Waals surface area contributed by atoms with Gasteiger partial charge in [-0.1, -0.05) is 12.1 Å². The number of benzene rings is 2. The zero-order valence-electron chi connectivity index (χ0n) is 9.87. The maximum absolute atomic E-state index is 5.73. The zero-order chi connectivity index (χ0) is 12.5. The van der Waals surface area contributed by atoms with Crippen LogP contribution in [0.15, 0.2) is 42.5 Å². The van der Waals surface area contributed by atoms with E-state index < -0.39 is 0 Å². The average molecular weight is 240 g/mol. The first-order chi connectivity index (χ1) is 8.78. The van der Waals surface area contributed by atoms with Gasteiger partial charge in [0.2, 0.25) is 0 Å². The summed E-state index contributed by atoms with van der Waals surface area (Å²) in [5, 5.41) is 8.80. The largest absolute Gasteiger partial charge is 0.494 e. The highest BCUT2D eigenvalue weighted by molar-refractivity contribution is 5.77. The van der Waals surface area contributed by atoms with Crippen LogP contribution in [-0.2, 0) is 0 Å². The van der Waals surface area contributed by atoms with Gasteiger partial charge in [-0.3, -0.25) is 0 Å². The molecule has 0 spiro atoms. The number of nitrogens with zero attached hydrogens (tertiary/aromatic N) is 3. The summed E-state index contributed by atoms with van der Waals surface area (Å²) in [4.78, 5) is 1.56. The zero-order valence-corrected chi connectivity index (χ0v) is 9.87. The van der Waals surface area contributed by atoms with Crippen molar-refractivity contribution in [2.75, 3.05) is 12.8 Å². The molecule has 0 aliphatic carbocycles. The van der Waals surface area contributed by atoms with Crippen molar-refractivity contribution in [2.24, 2.45) is 0 Å². The lowest BCUT2D eigenvalue weighted by Crippen LogP contribution is -2.01. The molecule has 0 bridgehead atoms. The molecule has 5 heteroatoms. The van der Waals surface area contributed by atoms with Crippen LogP contribution in [-0.4, -0.2) is 22.1 Å². The fourth-order valence-electron chi connectivity index (χ4n) is 1.83. The van der Waals surface area contributed by atoms with Gasteiger partial charge < -0.3 is 10.5 Å². The van der Waals surface area contributed by atoms with Gasteiger partial charge in [0.15, 0.2) is 0 Å². The predicted octanol–water partition coefficient (Wildman–Crippen LogP) is 2.01. The Balaban J connectivity index is 2.19. The molecule has 3 rings (SSSR count). The minimum absolute atomic E-state index is 0.676. The minimum Gasteiger partial charge on any atom is -0.494 e. The van der Waals surface area contributed by atoms with Crippen LogP contribution in [0.2, 0.25) is 0 Å². The van der Waals surface area contributed by atoms with Gasteiger partial charge in [0, 0.05) is 5.69 Å². The normalized spacial score (nSPS) is 10.7. The molecule has 1 aromatic heterocycles. The molecule has 5 nitrogen and oxygen atoms in total. The summed E-state index contributed by atoms with van der Waals surface area (Å²) >= 11 is 0. The van der Waals surface area contributed by atoms with Crippen LogP contribution in [0.25, 0.3) is 16.7 Å². The molecule has 18 heavy (non-hydrogen) atoms. The number of hydrogen-bond donors (Lipinski definition) is 1. The number of aromatic nitrogens is 3. The molecule has 0 unspecified atom stereocenters. The Morgan fingerprint density at radius 3 is 2.67 bits per heavy atom. The SMILES string of the molecule is COc1ccccc1-n1nc2ccc(N)cc2n1. The number of fused-ring (bicyclic) bond motifs is 1. The van der Waals surface area contributed by atoms with Crippen LogP contribution in [0.3, 0.4) is 0 Å². The number of nitrogen functional groups attached to an aromatic ring is 1. The Morgan fingerprint density at radius 2 is 1.83 bits per heavy atom. The van der Waals surface area contributed by atoms with Crippen molar-refractivity contribution in [2.45, 2.75) is 0 Å². The van der Waals surface area contributed by atoms with Crippen molar-refractivity contribution >= 4 is 16.7 Å². The van der Waals surface area contributed by atoms with Crippen molar-refractivity contribution in [1.82, 2.24) is 15.0 Å². The molecular weight excluding hydrogens is 228 g/mol. The highest BCUT2D eigenvalue weighted by Gasteiger charge is 2.08. The van der Waals surface area contributed by atoms with E-state index in [0.29, 0.717) is 5.69 Å². The van der Waals surface area contributed by atoms with Gasteiger partial charge in [0.25, 0.3) is 0 Å². The third-order valence-electron chi connectivity index (χ3n) is 2.71. The number of hydrogen-bond acceptors (Lipinski definition) is 4. The second-order valence-electron chi connectivity index (χ2n) is 3.91. The van der Waals surface area contributed by atoms with E-state index in [1.807, 2.05) is 36.4 Å². The summed E-state index contributed by atoms with van der Waals surface area (Å²) in [6.45, 7) is 0. The molecule has 90 valence electrons. The molecule has 0 saturated heterocycles. The highest BCUT2D eigenvalue weighted by atomic mass is 16.5. The summed E-state index contributed by atoms with van der Waals surface area (Å²) in [6.07, 6.45) is 0. The van der Waals surface area contributed by atoms with Gasteiger partial charge in [0.05, 0.1) is 7.11 Å². The second-order valence-corrected chi connectivity index (χ2v) is 3.91. The maximum atomic E-state index is 5.73. The number of nitrogens with two attached hydrogens (primary N) is 1. The molecule has 0 saturated carbocycles. The van der Waals surface area contributed by atoms with E-state index in [4.69, 9.17) is 10.5 Å². The van der Waals surface area contributed by atoms with E-state index in [0.717, 1.165) is 22.5 Å². The molecule has 0 aliphatic heterocycles. The van der Waals surface area contributed by atoms with Crippen LogP contribution >= 0.6 is 0 Å². The number of ether oxygens (including phenoxy) is 1. The van der Waals surface area contributed by atoms with Crippen LogP contribution in [0, 0.1) is 0 Å². The first-order valence-corrected chi connectivity index (χ1v) is 5.54. The molecule has 3 aromatic rings. The molecule has 2 N–H and O–H groups in total. The monoisotopic (exact) mass is 240 g/mol. The Kier molecular flexibility index (Phi) is 2.37. The third-order valence-corrected chi connectivity index (χ3v) is 2.71. The number of para-hydroxylation sites is 2. The molecule has 2 aromatic carbocycles. The van der Waals surface area contributed by atoms with Gasteiger partial charge in [0.1, 0.15) is 22.5 Å². The van der Waals surface area contributed by atoms with Crippen LogP contribution < -0.4 is 10.5 Å². The first-order valence-electron chi connectivity index (χ1n) is 5.54. The topological polar surface area (TPSA) is 66.0 Å². The lowest BCUT2D eigenvalue weighted by Gasteiger charge is -2.05. The smallest absolute Gasteiger partial charge is 0.146 e. The number of anilines is 1. The van der Waals surface area contributed by atoms with Gasteiger partial charge in [-0.15, -0.1) is 15.0 Å².